The molecule has 5 heteroatoms. The second kappa shape index (κ2) is 7.38. The number of hydrogen-bond donors (Lipinski definition) is 0. The summed E-state index contributed by atoms with van der Waals surface area (Å²) in [5.41, 5.74) is 5.37. The second-order valence-electron chi connectivity index (χ2n) is 7.16. The summed E-state index contributed by atoms with van der Waals surface area (Å²) in [6.45, 7) is 7.19. The van der Waals surface area contributed by atoms with Crippen LogP contribution in [0.5, 0.6) is 0 Å². The third kappa shape index (κ3) is 3.68. The van der Waals surface area contributed by atoms with Crippen molar-refractivity contribution in [2.45, 2.75) is 33.2 Å². The van der Waals surface area contributed by atoms with Crippen LogP contribution in [-0.4, -0.2) is 33.1 Å². The van der Waals surface area contributed by atoms with E-state index in [1.165, 1.54) is 12.0 Å². The number of hydrogen-bond acceptors (Lipinski definition) is 5. The Hall–Kier alpha value is -2.53. The van der Waals surface area contributed by atoms with Gasteiger partial charge in [-0.05, 0) is 69.0 Å². The van der Waals surface area contributed by atoms with E-state index in [1.54, 1.807) is 0 Å². The van der Waals surface area contributed by atoms with Crippen LogP contribution in [-0.2, 0) is 13.0 Å². The van der Waals surface area contributed by atoms with Crippen molar-refractivity contribution in [3.05, 3.63) is 65.4 Å². The smallest absolute Gasteiger partial charge is 0.143 e. The fourth-order valence-corrected chi connectivity index (χ4v) is 3.85. The van der Waals surface area contributed by atoms with E-state index in [0.29, 0.717) is 5.92 Å². The van der Waals surface area contributed by atoms with Gasteiger partial charge in [0.15, 0.2) is 0 Å². The molecule has 0 spiro atoms. The van der Waals surface area contributed by atoms with Crippen molar-refractivity contribution >= 4 is 0 Å². The van der Waals surface area contributed by atoms with E-state index in [-0.39, 0.29) is 0 Å². The molecule has 0 unspecified atom stereocenters. The molecule has 1 fully saturated rings. The summed E-state index contributed by atoms with van der Waals surface area (Å²) in [6, 6.07) is 10.5. The first-order chi connectivity index (χ1) is 12.7. The zero-order valence-corrected chi connectivity index (χ0v) is 15.4. The van der Waals surface area contributed by atoms with Gasteiger partial charge in [-0.1, -0.05) is 11.2 Å². The van der Waals surface area contributed by atoms with Gasteiger partial charge in [-0.15, -0.1) is 0 Å². The maximum Gasteiger partial charge on any atom is 0.143 e. The molecular formula is C21H24N4O. The third-order valence-corrected chi connectivity index (χ3v) is 5.12. The molecule has 134 valence electrons. The highest BCUT2D eigenvalue weighted by Crippen LogP contribution is 2.27. The van der Waals surface area contributed by atoms with Gasteiger partial charge < -0.3 is 4.52 Å². The lowest BCUT2D eigenvalue weighted by Gasteiger charge is -2.16. The number of aryl methyl sites for hydroxylation is 2. The highest BCUT2D eigenvalue weighted by atomic mass is 16.5. The minimum absolute atomic E-state index is 0.657. The first-order valence-corrected chi connectivity index (χ1v) is 9.19. The highest BCUT2D eigenvalue weighted by Gasteiger charge is 2.23. The first kappa shape index (κ1) is 16.9. The third-order valence-electron chi connectivity index (χ3n) is 5.12. The summed E-state index contributed by atoms with van der Waals surface area (Å²) < 4.78 is 5.29. The molecule has 4 heterocycles. The zero-order valence-electron chi connectivity index (χ0n) is 15.4. The van der Waals surface area contributed by atoms with Crippen LogP contribution in [0, 0.1) is 19.8 Å². The molecule has 3 aromatic heterocycles. The summed E-state index contributed by atoms with van der Waals surface area (Å²) in [5, 5.41) is 4.05. The lowest BCUT2D eigenvalue weighted by Crippen LogP contribution is -2.20. The SMILES string of the molecule is Cc1noc(C)c1-c1cccc(C[C@H]2CCN(Cc3ccncc3)C2)n1. The van der Waals surface area contributed by atoms with Crippen LogP contribution in [0.3, 0.4) is 0 Å². The van der Waals surface area contributed by atoms with Gasteiger partial charge in [-0.25, -0.2) is 0 Å². The van der Waals surface area contributed by atoms with Gasteiger partial charge in [-0.3, -0.25) is 14.9 Å². The molecule has 0 bridgehead atoms. The predicted octanol–water partition coefficient (Wildman–Crippen LogP) is 3.81. The minimum atomic E-state index is 0.657. The predicted molar refractivity (Wildman–Crippen MR) is 101 cm³/mol. The Morgan fingerprint density at radius 2 is 2.00 bits per heavy atom. The lowest BCUT2D eigenvalue weighted by molar-refractivity contribution is 0.316. The van der Waals surface area contributed by atoms with E-state index < -0.39 is 0 Å². The summed E-state index contributed by atoms with van der Waals surface area (Å²) in [6.07, 6.45) is 5.98. The Morgan fingerprint density at radius 3 is 2.77 bits per heavy atom. The first-order valence-electron chi connectivity index (χ1n) is 9.19. The number of rotatable bonds is 5. The molecule has 0 saturated carbocycles. The van der Waals surface area contributed by atoms with Gasteiger partial charge in [0, 0.05) is 31.2 Å². The van der Waals surface area contributed by atoms with Crippen molar-refractivity contribution in [3.8, 4) is 11.3 Å². The van der Waals surface area contributed by atoms with Gasteiger partial charge in [0.2, 0.25) is 0 Å². The molecule has 3 aromatic rings. The monoisotopic (exact) mass is 348 g/mol. The Bertz CT molecular complexity index is 855. The molecule has 1 saturated heterocycles. The fourth-order valence-electron chi connectivity index (χ4n) is 3.85. The van der Waals surface area contributed by atoms with Crippen LogP contribution < -0.4 is 0 Å². The molecule has 0 N–H and O–H groups in total. The summed E-state index contributed by atoms with van der Waals surface area (Å²) in [4.78, 5) is 11.5. The quantitative estimate of drug-likeness (QED) is 0.702. The van der Waals surface area contributed by atoms with Crippen LogP contribution in [0.1, 0.15) is 29.1 Å². The van der Waals surface area contributed by atoms with Gasteiger partial charge in [-0.2, -0.15) is 0 Å². The van der Waals surface area contributed by atoms with Crippen molar-refractivity contribution in [1.82, 2.24) is 20.0 Å². The molecule has 0 aliphatic carbocycles. The van der Waals surface area contributed by atoms with Gasteiger partial charge >= 0.3 is 0 Å². The minimum Gasteiger partial charge on any atom is -0.361 e. The summed E-state index contributed by atoms with van der Waals surface area (Å²) in [5.74, 6) is 1.49. The molecule has 1 aliphatic heterocycles. The molecule has 26 heavy (non-hydrogen) atoms. The van der Waals surface area contributed by atoms with Crippen LogP contribution in [0.15, 0.2) is 47.2 Å². The molecular weight excluding hydrogens is 324 g/mol. The second-order valence-corrected chi connectivity index (χ2v) is 7.16. The lowest BCUT2D eigenvalue weighted by atomic mass is 10.0. The van der Waals surface area contributed by atoms with Crippen LogP contribution >= 0.6 is 0 Å². The number of nitrogens with zero attached hydrogens (tertiary/aromatic N) is 4. The highest BCUT2D eigenvalue weighted by molar-refractivity contribution is 5.63. The molecule has 1 atom stereocenters. The van der Waals surface area contributed by atoms with E-state index in [0.717, 1.165) is 54.5 Å². The van der Waals surface area contributed by atoms with E-state index >= 15 is 0 Å². The average molecular weight is 348 g/mol. The number of pyridine rings is 2. The number of likely N-dealkylation sites (tertiary alicyclic amines) is 1. The van der Waals surface area contributed by atoms with E-state index in [1.807, 2.05) is 32.3 Å². The Labute approximate surface area is 154 Å². The number of aromatic nitrogens is 3. The van der Waals surface area contributed by atoms with Crippen molar-refractivity contribution < 1.29 is 4.52 Å². The van der Waals surface area contributed by atoms with E-state index in [9.17, 15) is 0 Å². The molecule has 0 radical (unpaired) electrons. The van der Waals surface area contributed by atoms with Crippen LogP contribution in [0.2, 0.25) is 0 Å². The Balaban J connectivity index is 1.41. The van der Waals surface area contributed by atoms with Crippen molar-refractivity contribution in [3.63, 3.8) is 0 Å². The summed E-state index contributed by atoms with van der Waals surface area (Å²) in [7, 11) is 0. The van der Waals surface area contributed by atoms with Gasteiger partial charge in [0.25, 0.3) is 0 Å². The largest absolute Gasteiger partial charge is 0.361 e. The molecule has 0 aromatic carbocycles. The van der Waals surface area contributed by atoms with Crippen molar-refractivity contribution in [2.24, 2.45) is 5.92 Å². The Morgan fingerprint density at radius 1 is 1.15 bits per heavy atom. The molecule has 4 rings (SSSR count). The molecule has 5 nitrogen and oxygen atoms in total. The van der Waals surface area contributed by atoms with Crippen molar-refractivity contribution in [1.29, 1.82) is 0 Å². The molecule has 1 aliphatic rings. The van der Waals surface area contributed by atoms with Gasteiger partial charge in [0.05, 0.1) is 17.0 Å². The van der Waals surface area contributed by atoms with Crippen LogP contribution in [0.25, 0.3) is 11.3 Å². The topological polar surface area (TPSA) is 55.1 Å². The maximum atomic E-state index is 5.29. The summed E-state index contributed by atoms with van der Waals surface area (Å²) >= 11 is 0. The van der Waals surface area contributed by atoms with E-state index in [4.69, 9.17) is 9.51 Å². The normalized spacial score (nSPS) is 17.7. The maximum absolute atomic E-state index is 5.29. The average Bonchev–Trinajstić information content (AvgIpc) is 3.22. The molecule has 0 amide bonds. The van der Waals surface area contributed by atoms with Crippen molar-refractivity contribution in [2.75, 3.05) is 13.1 Å². The van der Waals surface area contributed by atoms with E-state index in [2.05, 4.69) is 39.3 Å². The van der Waals surface area contributed by atoms with Gasteiger partial charge in [0.1, 0.15) is 5.76 Å². The van der Waals surface area contributed by atoms with Crippen LogP contribution in [0.4, 0.5) is 0 Å². The fraction of sp³-hybridized carbons (Fsp3) is 0.381. The standard InChI is InChI=1S/C21H24N4O/c1-15-21(16(2)26-24-15)20-5-3-4-19(23-20)12-18-8-11-25(14-18)13-17-6-9-22-10-7-17/h3-7,9-10,18H,8,11-14H2,1-2H3/t18-/m1/s1. The Kier molecular flexibility index (Phi) is 4.80. The zero-order chi connectivity index (χ0) is 17.9.